The Morgan fingerprint density at radius 3 is 2.17 bits per heavy atom. The van der Waals surface area contributed by atoms with Crippen molar-refractivity contribution in [3.63, 3.8) is 0 Å². The van der Waals surface area contributed by atoms with Gasteiger partial charge in [0.1, 0.15) is 23.5 Å². The summed E-state index contributed by atoms with van der Waals surface area (Å²) in [6.07, 6.45) is -0.905. The molecular weight excluding hydrogens is 508 g/mol. The lowest BCUT2D eigenvalue weighted by Crippen LogP contribution is -2.36. The molecule has 174 valence electrons. The second-order valence-corrected chi connectivity index (χ2v) is 9.53. The van der Waals surface area contributed by atoms with Crippen LogP contribution in [0.25, 0.3) is 11.3 Å². The Kier molecular flexibility index (Phi) is 5.51. The van der Waals surface area contributed by atoms with Crippen LogP contribution in [0.1, 0.15) is 17.4 Å². The van der Waals surface area contributed by atoms with Gasteiger partial charge in [-0.2, -0.15) is 0 Å². The second-order valence-electron chi connectivity index (χ2n) is 8.62. The van der Waals surface area contributed by atoms with Crippen molar-refractivity contribution in [2.75, 3.05) is 5.06 Å². The Bertz CT molecular complexity index is 1370. The lowest BCUT2D eigenvalue weighted by atomic mass is 9.94. The molecule has 2 aliphatic heterocycles. The van der Waals surface area contributed by atoms with Crippen molar-refractivity contribution in [3.8, 4) is 11.3 Å². The minimum atomic E-state index is -0.905. The molecule has 0 N–H and O–H groups in total. The molecule has 2 saturated heterocycles. The number of benzene rings is 3. The van der Waals surface area contributed by atoms with Gasteiger partial charge in [-0.3, -0.25) is 19.3 Å². The summed E-state index contributed by atoms with van der Waals surface area (Å²) < 4.78 is 7.25. The van der Waals surface area contributed by atoms with Crippen LogP contribution in [-0.2, 0) is 21.0 Å². The number of imide groups is 1. The fraction of sp³-hybridized carbons (Fsp3) is 0.143. The summed E-state index contributed by atoms with van der Waals surface area (Å²) in [7, 11) is 0. The van der Waals surface area contributed by atoms with Crippen LogP contribution in [-0.4, -0.2) is 22.8 Å². The highest BCUT2D eigenvalue weighted by atomic mass is 79.9. The molecule has 4 aromatic rings. The molecular formula is C28H21BrN2O4. The Balaban J connectivity index is 1.37. The fourth-order valence-corrected chi connectivity index (χ4v) is 5.03. The molecule has 3 heterocycles. The zero-order valence-electron chi connectivity index (χ0n) is 18.6. The number of furan rings is 1. The van der Waals surface area contributed by atoms with Crippen LogP contribution in [0.5, 0.6) is 0 Å². The second kappa shape index (κ2) is 8.83. The van der Waals surface area contributed by atoms with E-state index < -0.39 is 18.1 Å². The predicted octanol–water partition coefficient (Wildman–Crippen LogP) is 5.76. The van der Waals surface area contributed by atoms with E-state index in [9.17, 15) is 9.59 Å². The maximum atomic E-state index is 13.6. The number of likely N-dealkylation sites (tertiary alicyclic amines) is 1. The van der Waals surface area contributed by atoms with E-state index in [1.807, 2.05) is 97.1 Å². The van der Waals surface area contributed by atoms with Crippen molar-refractivity contribution < 1.29 is 18.8 Å². The molecule has 0 unspecified atom stereocenters. The van der Waals surface area contributed by atoms with Gasteiger partial charge in [0.15, 0.2) is 6.10 Å². The van der Waals surface area contributed by atoms with Gasteiger partial charge in [0.25, 0.3) is 5.91 Å². The highest BCUT2D eigenvalue weighted by Crippen LogP contribution is 2.47. The van der Waals surface area contributed by atoms with Gasteiger partial charge in [-0.15, -0.1) is 0 Å². The summed E-state index contributed by atoms with van der Waals surface area (Å²) in [6, 6.07) is 30.0. The first-order valence-electron chi connectivity index (χ1n) is 11.4. The third kappa shape index (κ3) is 3.87. The van der Waals surface area contributed by atoms with Crippen LogP contribution >= 0.6 is 15.9 Å². The van der Waals surface area contributed by atoms with Crippen LogP contribution in [0.15, 0.2) is 106 Å². The van der Waals surface area contributed by atoms with E-state index in [0.717, 1.165) is 21.3 Å². The van der Waals surface area contributed by atoms with Gasteiger partial charge in [0.05, 0.1) is 12.2 Å². The molecule has 35 heavy (non-hydrogen) atoms. The monoisotopic (exact) mass is 528 g/mol. The molecule has 3 atom stereocenters. The van der Waals surface area contributed by atoms with Crippen LogP contribution in [0.2, 0.25) is 0 Å². The van der Waals surface area contributed by atoms with E-state index in [2.05, 4.69) is 15.9 Å². The van der Waals surface area contributed by atoms with Gasteiger partial charge in [-0.1, -0.05) is 76.6 Å². The molecule has 2 aliphatic rings. The number of hydrogen-bond donors (Lipinski definition) is 0. The van der Waals surface area contributed by atoms with Crippen molar-refractivity contribution in [1.29, 1.82) is 0 Å². The molecule has 1 aromatic heterocycles. The highest BCUT2D eigenvalue weighted by molar-refractivity contribution is 9.10. The molecule has 0 aliphatic carbocycles. The number of para-hydroxylation sites is 1. The maximum absolute atomic E-state index is 13.6. The molecule has 6 rings (SSSR count). The minimum Gasteiger partial charge on any atom is -0.459 e. The smallest absolute Gasteiger partial charge is 0.262 e. The summed E-state index contributed by atoms with van der Waals surface area (Å²) in [5, 5.41) is 1.65. The Labute approximate surface area is 210 Å². The average Bonchev–Trinajstić information content (AvgIpc) is 3.58. The number of anilines is 1. The first-order valence-corrected chi connectivity index (χ1v) is 12.2. The molecule has 7 heteroatoms. The average molecular weight is 529 g/mol. The highest BCUT2D eigenvalue weighted by Gasteiger charge is 2.60. The molecule has 0 saturated carbocycles. The van der Waals surface area contributed by atoms with Crippen molar-refractivity contribution in [1.82, 2.24) is 4.90 Å². The fourth-order valence-electron chi connectivity index (χ4n) is 4.76. The summed E-state index contributed by atoms with van der Waals surface area (Å²) in [5.41, 5.74) is 2.56. The molecule has 0 bridgehead atoms. The first kappa shape index (κ1) is 21.8. The number of hydroxylamine groups is 1. The van der Waals surface area contributed by atoms with E-state index >= 15 is 0 Å². The maximum Gasteiger partial charge on any atom is 0.262 e. The number of hydrogen-bond acceptors (Lipinski definition) is 5. The van der Waals surface area contributed by atoms with Gasteiger partial charge < -0.3 is 4.42 Å². The number of carbonyl (C=O) groups excluding carboxylic acids is 2. The van der Waals surface area contributed by atoms with E-state index in [-0.39, 0.29) is 18.4 Å². The largest absolute Gasteiger partial charge is 0.459 e. The van der Waals surface area contributed by atoms with Gasteiger partial charge in [0, 0.05) is 10.0 Å². The van der Waals surface area contributed by atoms with Gasteiger partial charge in [-0.25, -0.2) is 5.06 Å². The predicted molar refractivity (Wildman–Crippen MR) is 134 cm³/mol. The molecule has 2 fully saturated rings. The van der Waals surface area contributed by atoms with Crippen LogP contribution < -0.4 is 5.06 Å². The van der Waals surface area contributed by atoms with E-state index in [1.54, 1.807) is 5.06 Å². The van der Waals surface area contributed by atoms with E-state index in [1.165, 1.54) is 4.90 Å². The van der Waals surface area contributed by atoms with Gasteiger partial charge in [0.2, 0.25) is 5.91 Å². The number of fused-ring (bicyclic) bond motifs is 1. The van der Waals surface area contributed by atoms with E-state index in [0.29, 0.717) is 11.5 Å². The number of halogens is 1. The first-order chi connectivity index (χ1) is 17.1. The normalized spacial score (nSPS) is 21.6. The van der Waals surface area contributed by atoms with Crippen molar-refractivity contribution in [2.45, 2.75) is 18.7 Å². The molecule has 0 radical (unpaired) electrons. The number of nitrogens with zero attached hydrogens (tertiary/aromatic N) is 2. The number of amides is 2. The zero-order valence-corrected chi connectivity index (χ0v) is 20.2. The van der Waals surface area contributed by atoms with Crippen molar-refractivity contribution in [3.05, 3.63) is 113 Å². The van der Waals surface area contributed by atoms with Crippen molar-refractivity contribution >= 4 is 33.4 Å². The molecule has 2 amide bonds. The Morgan fingerprint density at radius 1 is 0.771 bits per heavy atom. The minimum absolute atomic E-state index is 0.217. The summed E-state index contributed by atoms with van der Waals surface area (Å²) in [5.74, 6) is -0.0416. The summed E-state index contributed by atoms with van der Waals surface area (Å²) >= 11 is 3.46. The number of carbonyl (C=O) groups is 2. The quantitative estimate of drug-likeness (QED) is 0.308. The lowest BCUT2D eigenvalue weighted by molar-refractivity contribution is -0.143. The number of rotatable bonds is 5. The van der Waals surface area contributed by atoms with E-state index in [4.69, 9.17) is 9.25 Å². The third-order valence-electron chi connectivity index (χ3n) is 6.45. The summed E-state index contributed by atoms with van der Waals surface area (Å²) in [6.45, 7) is 0.217. The Hall–Kier alpha value is -3.68. The summed E-state index contributed by atoms with van der Waals surface area (Å²) in [4.78, 5) is 34.4. The zero-order chi connectivity index (χ0) is 23.9. The van der Waals surface area contributed by atoms with Gasteiger partial charge >= 0.3 is 0 Å². The lowest BCUT2D eigenvalue weighted by Gasteiger charge is -2.27. The van der Waals surface area contributed by atoms with Crippen LogP contribution in [0.4, 0.5) is 5.69 Å². The van der Waals surface area contributed by atoms with Crippen molar-refractivity contribution in [2.24, 2.45) is 5.92 Å². The molecule has 0 spiro atoms. The third-order valence-corrected chi connectivity index (χ3v) is 6.98. The standard InChI is InChI=1S/C28H21BrN2O4/c29-20-13-11-19(12-14-20)22-15-16-23(34-22)25-24-26(35-31(25)21-9-5-2-6-10-21)28(33)30(27(24)32)17-18-7-3-1-4-8-18/h1-16,24-26H,17H2/t24-,25+,26+/m0/s1. The molecule has 6 nitrogen and oxygen atoms in total. The topological polar surface area (TPSA) is 63.0 Å². The van der Waals surface area contributed by atoms with Gasteiger partial charge in [-0.05, 0) is 42.0 Å². The SMILES string of the molecule is O=C1[C@H]2[C@@H](c3ccc(-c4ccc(Br)cc4)o3)N(c3ccccc3)O[C@H]2C(=O)N1Cc1ccccc1. The van der Waals surface area contributed by atoms with Crippen LogP contribution in [0.3, 0.4) is 0 Å². The Morgan fingerprint density at radius 2 is 1.46 bits per heavy atom. The molecule has 3 aromatic carbocycles. The van der Waals surface area contributed by atoms with Crippen LogP contribution in [0, 0.1) is 5.92 Å².